The normalized spacial score (nSPS) is 29.3. The molecule has 5 nitrogen and oxygen atoms in total. The number of amides is 2. The molecule has 1 aliphatic heterocycles. The van der Waals surface area contributed by atoms with Crippen LogP contribution in [0.4, 0.5) is 0 Å². The van der Waals surface area contributed by atoms with E-state index in [-0.39, 0.29) is 42.7 Å². The number of imide groups is 1. The average molecular weight is 279 g/mol. The van der Waals surface area contributed by atoms with Crippen molar-refractivity contribution in [2.45, 2.75) is 33.1 Å². The standard InChI is InChI=1S/C15H21NO4/c1-9(2)15(19)20-8-7-16-13(17)11-6-4-5-10(3)12(11)14(16)18/h10-12H,1,4-8H2,2-3H3. The molecule has 1 saturated heterocycles. The van der Waals surface area contributed by atoms with E-state index < -0.39 is 5.97 Å². The van der Waals surface area contributed by atoms with Gasteiger partial charge in [-0.05, 0) is 25.7 Å². The smallest absolute Gasteiger partial charge is 0.333 e. The summed E-state index contributed by atoms with van der Waals surface area (Å²) in [4.78, 5) is 37.1. The van der Waals surface area contributed by atoms with Gasteiger partial charge in [-0.25, -0.2) is 4.79 Å². The lowest BCUT2D eigenvalue weighted by Crippen LogP contribution is -2.35. The Kier molecular flexibility index (Phi) is 4.26. The first-order chi connectivity index (χ1) is 9.43. The number of carbonyl (C=O) groups excluding carboxylic acids is 3. The minimum atomic E-state index is -0.491. The highest BCUT2D eigenvalue weighted by molar-refractivity contribution is 6.05. The van der Waals surface area contributed by atoms with Gasteiger partial charge in [0.25, 0.3) is 0 Å². The third-order valence-electron chi connectivity index (χ3n) is 4.25. The molecule has 0 aromatic carbocycles. The molecule has 0 spiro atoms. The van der Waals surface area contributed by atoms with Crippen molar-refractivity contribution in [1.82, 2.24) is 4.90 Å². The summed E-state index contributed by atoms with van der Waals surface area (Å²) in [5, 5.41) is 0. The van der Waals surface area contributed by atoms with E-state index in [2.05, 4.69) is 6.58 Å². The zero-order valence-corrected chi connectivity index (χ0v) is 12.1. The molecular formula is C15H21NO4. The summed E-state index contributed by atoms with van der Waals surface area (Å²) < 4.78 is 4.96. The van der Waals surface area contributed by atoms with Gasteiger partial charge in [0.1, 0.15) is 6.61 Å². The molecule has 0 radical (unpaired) electrons. The Morgan fingerprint density at radius 1 is 1.35 bits per heavy atom. The average Bonchev–Trinajstić information content (AvgIpc) is 2.64. The summed E-state index contributed by atoms with van der Waals surface area (Å²) in [5.41, 5.74) is 0.311. The van der Waals surface area contributed by atoms with Crippen LogP contribution in [0.2, 0.25) is 0 Å². The Balaban J connectivity index is 1.95. The molecule has 3 atom stereocenters. The second-order valence-corrected chi connectivity index (χ2v) is 5.78. The summed E-state index contributed by atoms with van der Waals surface area (Å²) in [5.74, 6) is -0.768. The molecule has 2 fully saturated rings. The minimum Gasteiger partial charge on any atom is -0.460 e. The number of esters is 1. The van der Waals surface area contributed by atoms with Crippen LogP contribution in [0.15, 0.2) is 12.2 Å². The van der Waals surface area contributed by atoms with Crippen molar-refractivity contribution in [1.29, 1.82) is 0 Å². The fourth-order valence-electron chi connectivity index (χ4n) is 3.17. The summed E-state index contributed by atoms with van der Waals surface area (Å²) in [6.07, 6.45) is 2.79. The Bertz CT molecular complexity index is 457. The van der Waals surface area contributed by atoms with E-state index in [0.29, 0.717) is 5.57 Å². The van der Waals surface area contributed by atoms with Gasteiger partial charge in [0.15, 0.2) is 0 Å². The summed E-state index contributed by atoms with van der Waals surface area (Å²) in [6.45, 7) is 7.26. The van der Waals surface area contributed by atoms with E-state index in [0.717, 1.165) is 19.3 Å². The Hall–Kier alpha value is -1.65. The van der Waals surface area contributed by atoms with Gasteiger partial charge in [-0.1, -0.05) is 19.9 Å². The molecule has 2 rings (SSSR count). The van der Waals surface area contributed by atoms with Crippen molar-refractivity contribution in [3.8, 4) is 0 Å². The molecule has 1 saturated carbocycles. The first-order valence-corrected chi connectivity index (χ1v) is 7.11. The minimum absolute atomic E-state index is 0.0387. The van der Waals surface area contributed by atoms with E-state index in [1.54, 1.807) is 6.92 Å². The van der Waals surface area contributed by atoms with Crippen LogP contribution in [0.1, 0.15) is 33.1 Å². The van der Waals surface area contributed by atoms with E-state index in [4.69, 9.17) is 4.74 Å². The second kappa shape index (κ2) is 5.77. The van der Waals surface area contributed by atoms with Crippen molar-refractivity contribution < 1.29 is 19.1 Å². The maximum atomic E-state index is 12.3. The van der Waals surface area contributed by atoms with Crippen LogP contribution in [0, 0.1) is 17.8 Å². The maximum absolute atomic E-state index is 12.3. The first-order valence-electron chi connectivity index (χ1n) is 7.11. The predicted octanol–water partition coefficient (Wildman–Crippen LogP) is 1.53. The fraction of sp³-hybridized carbons (Fsp3) is 0.667. The number of carbonyl (C=O) groups is 3. The van der Waals surface area contributed by atoms with Gasteiger partial charge in [-0.2, -0.15) is 0 Å². The van der Waals surface area contributed by atoms with Crippen molar-refractivity contribution in [2.75, 3.05) is 13.2 Å². The van der Waals surface area contributed by atoms with Gasteiger partial charge in [0.2, 0.25) is 11.8 Å². The zero-order valence-electron chi connectivity index (χ0n) is 12.1. The highest BCUT2D eigenvalue weighted by atomic mass is 16.5. The summed E-state index contributed by atoms with van der Waals surface area (Å²) >= 11 is 0. The van der Waals surface area contributed by atoms with E-state index >= 15 is 0 Å². The summed E-state index contributed by atoms with van der Waals surface area (Å²) in [6, 6.07) is 0. The van der Waals surface area contributed by atoms with Crippen LogP contribution < -0.4 is 0 Å². The number of rotatable bonds is 4. The second-order valence-electron chi connectivity index (χ2n) is 5.78. The number of hydrogen-bond acceptors (Lipinski definition) is 4. The van der Waals surface area contributed by atoms with Gasteiger partial charge in [0, 0.05) is 5.57 Å². The lowest BCUT2D eigenvalue weighted by molar-refractivity contribution is -0.146. The van der Waals surface area contributed by atoms with E-state index in [1.807, 2.05) is 6.92 Å². The number of likely N-dealkylation sites (tertiary alicyclic amines) is 1. The number of nitrogens with zero attached hydrogens (tertiary/aromatic N) is 1. The molecule has 0 N–H and O–H groups in total. The highest BCUT2D eigenvalue weighted by Crippen LogP contribution is 2.41. The Morgan fingerprint density at radius 3 is 2.65 bits per heavy atom. The third kappa shape index (κ3) is 2.62. The zero-order chi connectivity index (χ0) is 14.9. The Morgan fingerprint density at radius 2 is 2.05 bits per heavy atom. The summed E-state index contributed by atoms with van der Waals surface area (Å²) in [7, 11) is 0. The van der Waals surface area contributed by atoms with Crippen LogP contribution in [0.5, 0.6) is 0 Å². The molecule has 2 amide bonds. The van der Waals surface area contributed by atoms with Crippen LogP contribution in [-0.2, 0) is 19.1 Å². The largest absolute Gasteiger partial charge is 0.460 e. The van der Waals surface area contributed by atoms with Gasteiger partial charge >= 0.3 is 5.97 Å². The number of fused-ring (bicyclic) bond motifs is 1. The molecule has 1 heterocycles. The van der Waals surface area contributed by atoms with Crippen LogP contribution >= 0.6 is 0 Å². The van der Waals surface area contributed by atoms with Crippen LogP contribution in [-0.4, -0.2) is 35.8 Å². The molecule has 2 aliphatic rings. The molecule has 110 valence electrons. The molecule has 1 aliphatic carbocycles. The lowest BCUT2D eigenvalue weighted by Gasteiger charge is -2.27. The van der Waals surface area contributed by atoms with Gasteiger partial charge < -0.3 is 4.74 Å². The molecule has 5 heteroatoms. The van der Waals surface area contributed by atoms with Crippen LogP contribution in [0.25, 0.3) is 0 Å². The van der Waals surface area contributed by atoms with E-state index in [1.165, 1.54) is 4.90 Å². The lowest BCUT2D eigenvalue weighted by atomic mass is 9.74. The molecule has 3 unspecified atom stereocenters. The number of hydrogen-bond donors (Lipinski definition) is 0. The van der Waals surface area contributed by atoms with Crippen molar-refractivity contribution in [3.05, 3.63) is 12.2 Å². The van der Waals surface area contributed by atoms with Crippen molar-refractivity contribution >= 4 is 17.8 Å². The quantitative estimate of drug-likeness (QED) is 0.445. The molecule has 20 heavy (non-hydrogen) atoms. The molecule has 0 aromatic heterocycles. The van der Waals surface area contributed by atoms with Crippen molar-refractivity contribution in [2.24, 2.45) is 17.8 Å². The first kappa shape index (κ1) is 14.8. The number of ether oxygens (including phenoxy) is 1. The van der Waals surface area contributed by atoms with Gasteiger partial charge in [-0.3, -0.25) is 14.5 Å². The van der Waals surface area contributed by atoms with E-state index in [9.17, 15) is 14.4 Å². The monoisotopic (exact) mass is 279 g/mol. The fourth-order valence-corrected chi connectivity index (χ4v) is 3.17. The van der Waals surface area contributed by atoms with Crippen LogP contribution in [0.3, 0.4) is 0 Å². The predicted molar refractivity (Wildman–Crippen MR) is 72.5 cm³/mol. The van der Waals surface area contributed by atoms with Gasteiger partial charge in [-0.15, -0.1) is 0 Å². The molecular weight excluding hydrogens is 258 g/mol. The third-order valence-corrected chi connectivity index (χ3v) is 4.25. The molecule has 0 aromatic rings. The SMILES string of the molecule is C=C(C)C(=O)OCCN1C(=O)C2CCCC(C)C2C1=O. The Labute approximate surface area is 119 Å². The van der Waals surface area contributed by atoms with Gasteiger partial charge in [0.05, 0.1) is 18.4 Å². The maximum Gasteiger partial charge on any atom is 0.333 e. The van der Waals surface area contributed by atoms with Crippen molar-refractivity contribution in [3.63, 3.8) is 0 Å². The highest BCUT2D eigenvalue weighted by Gasteiger charge is 2.50. The molecule has 0 bridgehead atoms. The topological polar surface area (TPSA) is 63.7 Å².